The third-order valence-corrected chi connectivity index (χ3v) is 5.46. The van der Waals surface area contributed by atoms with Crippen molar-refractivity contribution in [1.29, 1.82) is 0 Å². The van der Waals surface area contributed by atoms with Crippen molar-refractivity contribution >= 4 is 17.3 Å². The number of thiazole rings is 1. The number of unbranched alkanes of at least 4 members (excludes halogenated alkanes) is 1. The Morgan fingerprint density at radius 3 is 2.83 bits per heavy atom. The molecule has 4 nitrogen and oxygen atoms in total. The second kappa shape index (κ2) is 9.91. The molecule has 1 aliphatic rings. The van der Waals surface area contributed by atoms with Crippen LogP contribution < -0.4 is 5.32 Å². The lowest BCUT2D eigenvalue weighted by Gasteiger charge is -2.21. The number of aliphatic imine (C=N–C) groups is 1. The molecule has 2 rings (SSSR count). The standard InChI is InChI=1S/C18H32N4S/c1-4-6-14-22(3)18(19-5-2)20-13-9-12-17-21-15-10-7-8-11-16(15)23-17/h4-14H2,1-3H3,(H,19,20). The minimum Gasteiger partial charge on any atom is -0.357 e. The Morgan fingerprint density at radius 2 is 2.09 bits per heavy atom. The molecule has 0 saturated carbocycles. The fourth-order valence-electron chi connectivity index (χ4n) is 2.90. The summed E-state index contributed by atoms with van der Waals surface area (Å²) >= 11 is 1.94. The van der Waals surface area contributed by atoms with Crippen LogP contribution in [0.25, 0.3) is 0 Å². The van der Waals surface area contributed by atoms with Crippen LogP contribution >= 0.6 is 11.3 Å². The summed E-state index contributed by atoms with van der Waals surface area (Å²) in [5, 5.41) is 4.71. The van der Waals surface area contributed by atoms with Crippen LogP contribution in [0.3, 0.4) is 0 Å². The molecule has 1 aromatic heterocycles. The van der Waals surface area contributed by atoms with Gasteiger partial charge in [0.25, 0.3) is 0 Å². The minimum absolute atomic E-state index is 0.878. The monoisotopic (exact) mass is 336 g/mol. The molecule has 0 bridgehead atoms. The quantitative estimate of drug-likeness (QED) is 0.447. The molecule has 0 aromatic carbocycles. The zero-order valence-corrected chi connectivity index (χ0v) is 15.8. The van der Waals surface area contributed by atoms with Crippen LogP contribution in [0.1, 0.15) is 61.5 Å². The van der Waals surface area contributed by atoms with Gasteiger partial charge in [-0.15, -0.1) is 11.3 Å². The van der Waals surface area contributed by atoms with E-state index in [9.17, 15) is 0 Å². The highest BCUT2D eigenvalue weighted by Crippen LogP contribution is 2.27. The average Bonchev–Trinajstić information content (AvgIpc) is 2.98. The lowest BCUT2D eigenvalue weighted by Crippen LogP contribution is -2.39. The molecule has 5 heteroatoms. The van der Waals surface area contributed by atoms with Crippen molar-refractivity contribution in [3.8, 4) is 0 Å². The highest BCUT2D eigenvalue weighted by atomic mass is 32.1. The number of aromatic nitrogens is 1. The summed E-state index contributed by atoms with van der Waals surface area (Å²) in [6, 6.07) is 0. The Labute approximate surface area is 145 Å². The number of guanidine groups is 1. The number of aryl methyl sites for hydroxylation is 3. The van der Waals surface area contributed by atoms with E-state index >= 15 is 0 Å². The van der Waals surface area contributed by atoms with Crippen molar-refractivity contribution in [2.24, 2.45) is 4.99 Å². The van der Waals surface area contributed by atoms with Crippen molar-refractivity contribution < 1.29 is 0 Å². The number of fused-ring (bicyclic) bond motifs is 1. The van der Waals surface area contributed by atoms with Crippen LogP contribution in [0.15, 0.2) is 4.99 Å². The number of nitrogens with one attached hydrogen (secondary N) is 1. The van der Waals surface area contributed by atoms with Gasteiger partial charge in [-0.05, 0) is 45.4 Å². The predicted molar refractivity (Wildman–Crippen MR) is 101 cm³/mol. The molecule has 0 fully saturated rings. The Morgan fingerprint density at radius 1 is 1.26 bits per heavy atom. The molecule has 0 aliphatic heterocycles. The van der Waals surface area contributed by atoms with Gasteiger partial charge in [-0.1, -0.05) is 13.3 Å². The highest BCUT2D eigenvalue weighted by molar-refractivity contribution is 7.11. The van der Waals surface area contributed by atoms with E-state index in [0.29, 0.717) is 0 Å². The smallest absolute Gasteiger partial charge is 0.193 e. The van der Waals surface area contributed by atoms with E-state index in [2.05, 4.69) is 31.1 Å². The molecular weight excluding hydrogens is 304 g/mol. The van der Waals surface area contributed by atoms with Crippen LogP contribution in [-0.4, -0.2) is 42.5 Å². The van der Waals surface area contributed by atoms with E-state index in [1.807, 2.05) is 11.3 Å². The maximum absolute atomic E-state index is 4.82. The van der Waals surface area contributed by atoms with Gasteiger partial charge in [0.05, 0.1) is 10.7 Å². The molecule has 0 radical (unpaired) electrons. The van der Waals surface area contributed by atoms with Crippen molar-refractivity contribution in [1.82, 2.24) is 15.2 Å². The molecule has 0 atom stereocenters. The molecule has 130 valence electrons. The molecule has 1 heterocycles. The van der Waals surface area contributed by atoms with E-state index in [4.69, 9.17) is 9.98 Å². The summed E-state index contributed by atoms with van der Waals surface area (Å²) in [6.45, 7) is 7.23. The fraction of sp³-hybridized carbons (Fsp3) is 0.778. The van der Waals surface area contributed by atoms with E-state index in [0.717, 1.165) is 38.4 Å². The van der Waals surface area contributed by atoms with Crippen molar-refractivity contribution in [3.05, 3.63) is 15.6 Å². The molecule has 1 aliphatic carbocycles. The van der Waals surface area contributed by atoms with Gasteiger partial charge in [0, 0.05) is 38.0 Å². The van der Waals surface area contributed by atoms with E-state index in [1.165, 1.54) is 49.2 Å². The normalized spacial score (nSPS) is 14.7. The SMILES string of the molecule is CCCCN(C)C(=NCCCc1nc2c(s1)CCCC2)NCC. The Kier molecular flexibility index (Phi) is 7.86. The van der Waals surface area contributed by atoms with Crippen LogP contribution in [0.2, 0.25) is 0 Å². The van der Waals surface area contributed by atoms with Gasteiger partial charge in [-0.2, -0.15) is 0 Å². The summed E-state index contributed by atoms with van der Waals surface area (Å²) in [5.74, 6) is 1.04. The molecule has 1 N–H and O–H groups in total. The summed E-state index contributed by atoms with van der Waals surface area (Å²) in [6.07, 6.45) is 9.69. The van der Waals surface area contributed by atoms with Crippen LogP contribution in [0.4, 0.5) is 0 Å². The number of nitrogens with zero attached hydrogens (tertiary/aromatic N) is 3. The molecule has 0 saturated heterocycles. The van der Waals surface area contributed by atoms with Gasteiger partial charge >= 0.3 is 0 Å². The fourth-order valence-corrected chi connectivity index (χ4v) is 4.10. The first-order valence-corrected chi connectivity index (χ1v) is 10.0. The van der Waals surface area contributed by atoms with Gasteiger partial charge in [-0.3, -0.25) is 4.99 Å². The summed E-state index contributed by atoms with van der Waals surface area (Å²) in [7, 11) is 2.13. The Bertz CT molecular complexity index is 472. The van der Waals surface area contributed by atoms with Crippen molar-refractivity contribution in [2.45, 2.75) is 65.2 Å². The van der Waals surface area contributed by atoms with Gasteiger partial charge in [-0.25, -0.2) is 4.98 Å². The lowest BCUT2D eigenvalue weighted by atomic mass is 10.0. The molecule has 0 unspecified atom stereocenters. The lowest BCUT2D eigenvalue weighted by molar-refractivity contribution is 0.464. The summed E-state index contributed by atoms with van der Waals surface area (Å²) < 4.78 is 0. The maximum atomic E-state index is 4.82. The number of rotatable bonds is 8. The van der Waals surface area contributed by atoms with E-state index < -0.39 is 0 Å². The second-order valence-electron chi connectivity index (χ2n) is 6.30. The molecule has 0 spiro atoms. The van der Waals surface area contributed by atoms with Crippen molar-refractivity contribution in [3.63, 3.8) is 0 Å². The Balaban J connectivity index is 1.79. The van der Waals surface area contributed by atoms with Gasteiger partial charge in [0.2, 0.25) is 0 Å². The largest absolute Gasteiger partial charge is 0.357 e. The first-order valence-electron chi connectivity index (χ1n) is 9.21. The van der Waals surface area contributed by atoms with Crippen molar-refractivity contribution in [2.75, 3.05) is 26.7 Å². The van der Waals surface area contributed by atoms with Gasteiger partial charge in [0.15, 0.2) is 5.96 Å². The van der Waals surface area contributed by atoms with Crippen LogP contribution in [0.5, 0.6) is 0 Å². The molecule has 1 aromatic rings. The second-order valence-corrected chi connectivity index (χ2v) is 7.47. The van der Waals surface area contributed by atoms with Gasteiger partial charge < -0.3 is 10.2 Å². The summed E-state index contributed by atoms with van der Waals surface area (Å²) in [5.41, 5.74) is 1.38. The van der Waals surface area contributed by atoms with E-state index in [1.54, 1.807) is 4.88 Å². The highest BCUT2D eigenvalue weighted by Gasteiger charge is 2.14. The molecule has 23 heavy (non-hydrogen) atoms. The van der Waals surface area contributed by atoms with E-state index in [-0.39, 0.29) is 0 Å². The Hall–Kier alpha value is -1.10. The van der Waals surface area contributed by atoms with Crippen LogP contribution in [-0.2, 0) is 19.3 Å². The minimum atomic E-state index is 0.878. The number of hydrogen-bond donors (Lipinski definition) is 1. The van der Waals surface area contributed by atoms with Gasteiger partial charge in [0.1, 0.15) is 0 Å². The first kappa shape index (κ1) is 18.2. The molecular formula is C18H32N4S. The summed E-state index contributed by atoms with van der Waals surface area (Å²) in [4.78, 5) is 13.4. The predicted octanol–water partition coefficient (Wildman–Crippen LogP) is 3.65. The first-order chi connectivity index (χ1) is 11.2. The number of hydrogen-bond acceptors (Lipinski definition) is 3. The third kappa shape index (κ3) is 5.79. The maximum Gasteiger partial charge on any atom is 0.193 e. The topological polar surface area (TPSA) is 40.5 Å². The molecule has 0 amide bonds. The van der Waals surface area contributed by atoms with Crippen LogP contribution in [0, 0.1) is 0 Å². The third-order valence-electron chi connectivity index (χ3n) is 4.24. The zero-order valence-electron chi connectivity index (χ0n) is 15.0. The average molecular weight is 337 g/mol. The zero-order chi connectivity index (χ0) is 16.5.